The molecule has 1 fully saturated rings. The second kappa shape index (κ2) is 9.82. The summed E-state index contributed by atoms with van der Waals surface area (Å²) in [6.45, 7) is 8.54. The Morgan fingerprint density at radius 1 is 0.912 bits per heavy atom. The Kier molecular flexibility index (Phi) is 6.46. The Morgan fingerprint density at radius 3 is 2.38 bits per heavy atom. The third kappa shape index (κ3) is 4.49. The molecule has 0 bridgehead atoms. The molecule has 3 aromatic heterocycles. The van der Waals surface area contributed by atoms with Crippen LogP contribution in [0.25, 0.3) is 17.1 Å². The summed E-state index contributed by atoms with van der Waals surface area (Å²) in [4.78, 5) is 17.7. The van der Waals surface area contributed by atoms with E-state index in [-0.39, 0.29) is 0 Å². The smallest absolute Gasteiger partial charge is 0.225 e. The number of rotatable bonds is 6. The number of piperazine rings is 1. The SMILES string of the molecule is CC(C)c1ccccc1-n1c(-c2cccnc2)nn(CN2CCN(c3ncccn3)CC2)c1=S. The molecule has 1 saturated heterocycles. The molecule has 1 aliphatic heterocycles. The third-order valence-electron chi connectivity index (χ3n) is 6.10. The molecule has 0 unspecified atom stereocenters. The minimum absolute atomic E-state index is 0.358. The molecule has 0 aliphatic carbocycles. The third-order valence-corrected chi connectivity index (χ3v) is 6.49. The number of aromatic nitrogens is 6. The number of pyridine rings is 1. The average Bonchev–Trinajstić information content (AvgIpc) is 3.21. The van der Waals surface area contributed by atoms with Gasteiger partial charge in [-0.3, -0.25) is 14.5 Å². The first-order chi connectivity index (χ1) is 16.6. The Bertz CT molecular complexity index is 1290. The maximum Gasteiger partial charge on any atom is 0.225 e. The summed E-state index contributed by atoms with van der Waals surface area (Å²) in [5, 5.41) is 4.98. The predicted octanol–water partition coefficient (Wildman–Crippen LogP) is 4.16. The van der Waals surface area contributed by atoms with Gasteiger partial charge in [0, 0.05) is 56.5 Å². The van der Waals surface area contributed by atoms with E-state index in [1.54, 1.807) is 18.6 Å². The van der Waals surface area contributed by atoms with Crippen molar-refractivity contribution in [1.82, 2.24) is 34.2 Å². The topological polar surface area (TPSA) is 67.9 Å². The van der Waals surface area contributed by atoms with Gasteiger partial charge in [0.2, 0.25) is 10.7 Å². The van der Waals surface area contributed by atoms with Gasteiger partial charge in [-0.25, -0.2) is 14.6 Å². The van der Waals surface area contributed by atoms with Crippen molar-refractivity contribution in [2.24, 2.45) is 0 Å². The van der Waals surface area contributed by atoms with Crippen LogP contribution in [0.1, 0.15) is 25.3 Å². The highest BCUT2D eigenvalue weighted by atomic mass is 32.1. The van der Waals surface area contributed by atoms with Crippen molar-refractivity contribution in [3.63, 3.8) is 0 Å². The molecule has 9 heteroatoms. The molecule has 0 amide bonds. The molecule has 1 aromatic carbocycles. The second-order valence-electron chi connectivity index (χ2n) is 8.69. The molecule has 0 N–H and O–H groups in total. The zero-order chi connectivity index (χ0) is 23.5. The number of anilines is 1. The van der Waals surface area contributed by atoms with Crippen molar-refractivity contribution in [1.29, 1.82) is 0 Å². The van der Waals surface area contributed by atoms with E-state index in [0.717, 1.165) is 49.2 Å². The predicted molar refractivity (Wildman–Crippen MR) is 136 cm³/mol. The molecule has 0 spiro atoms. The van der Waals surface area contributed by atoms with Crippen LogP contribution in [-0.2, 0) is 6.67 Å². The van der Waals surface area contributed by atoms with Gasteiger partial charge in [0.25, 0.3) is 0 Å². The summed E-state index contributed by atoms with van der Waals surface area (Å²) in [6.07, 6.45) is 7.19. The molecule has 8 nitrogen and oxygen atoms in total. The minimum atomic E-state index is 0.358. The van der Waals surface area contributed by atoms with Crippen molar-refractivity contribution in [3.05, 3.63) is 77.6 Å². The Labute approximate surface area is 204 Å². The van der Waals surface area contributed by atoms with E-state index in [0.29, 0.717) is 17.4 Å². The molecule has 0 atom stereocenters. The van der Waals surface area contributed by atoms with E-state index in [4.69, 9.17) is 17.3 Å². The molecular formula is C25H28N8S. The van der Waals surface area contributed by atoms with E-state index in [1.165, 1.54) is 5.56 Å². The largest absolute Gasteiger partial charge is 0.338 e. The molecule has 0 radical (unpaired) electrons. The quantitative estimate of drug-likeness (QED) is 0.390. The lowest BCUT2D eigenvalue weighted by Crippen LogP contribution is -2.47. The van der Waals surface area contributed by atoms with Crippen molar-refractivity contribution >= 4 is 18.2 Å². The summed E-state index contributed by atoms with van der Waals surface area (Å²) in [7, 11) is 0. The molecule has 0 saturated carbocycles. The molecule has 4 heterocycles. The zero-order valence-electron chi connectivity index (χ0n) is 19.4. The van der Waals surface area contributed by atoms with E-state index >= 15 is 0 Å². The van der Waals surface area contributed by atoms with Crippen LogP contribution >= 0.6 is 12.2 Å². The van der Waals surface area contributed by atoms with Crippen LogP contribution in [0.15, 0.2) is 67.3 Å². The lowest BCUT2D eigenvalue weighted by Gasteiger charge is -2.34. The normalized spacial score (nSPS) is 14.6. The van der Waals surface area contributed by atoms with E-state index in [9.17, 15) is 0 Å². The summed E-state index contributed by atoms with van der Waals surface area (Å²) in [5.41, 5.74) is 3.25. The number of hydrogen-bond donors (Lipinski definition) is 0. The van der Waals surface area contributed by atoms with Crippen molar-refractivity contribution in [2.75, 3.05) is 31.1 Å². The van der Waals surface area contributed by atoms with Gasteiger partial charge in [0.15, 0.2) is 5.82 Å². The van der Waals surface area contributed by atoms with Crippen molar-refractivity contribution in [3.8, 4) is 17.1 Å². The molecule has 1 aliphatic rings. The Hall–Kier alpha value is -3.43. The summed E-state index contributed by atoms with van der Waals surface area (Å²) in [6, 6.07) is 14.2. The van der Waals surface area contributed by atoms with Crippen molar-refractivity contribution in [2.45, 2.75) is 26.4 Å². The van der Waals surface area contributed by atoms with E-state index in [1.807, 2.05) is 29.1 Å². The van der Waals surface area contributed by atoms with Crippen LogP contribution in [0.4, 0.5) is 5.95 Å². The van der Waals surface area contributed by atoms with Gasteiger partial charge in [0.1, 0.15) is 0 Å². The van der Waals surface area contributed by atoms with Crippen LogP contribution < -0.4 is 4.90 Å². The van der Waals surface area contributed by atoms with Gasteiger partial charge in [0.05, 0.1) is 12.4 Å². The highest BCUT2D eigenvalue weighted by Gasteiger charge is 2.22. The first-order valence-corrected chi connectivity index (χ1v) is 12.0. The fraction of sp³-hybridized carbons (Fsp3) is 0.320. The van der Waals surface area contributed by atoms with Gasteiger partial charge >= 0.3 is 0 Å². The highest BCUT2D eigenvalue weighted by Crippen LogP contribution is 2.28. The van der Waals surface area contributed by atoms with Gasteiger partial charge in [-0.05, 0) is 48.0 Å². The summed E-state index contributed by atoms with van der Waals surface area (Å²) in [5.74, 6) is 1.95. The minimum Gasteiger partial charge on any atom is -0.338 e. The standard InChI is InChI=1S/C25H28N8S/c1-19(2)21-8-3-4-9-22(21)33-23(20-7-5-10-26-17-20)29-32(25(33)34)18-30-13-15-31(16-14-30)24-27-11-6-12-28-24/h3-12,17,19H,13-16,18H2,1-2H3. The highest BCUT2D eigenvalue weighted by molar-refractivity contribution is 7.71. The van der Waals surface area contributed by atoms with Crippen molar-refractivity contribution < 1.29 is 0 Å². The maximum atomic E-state index is 6.00. The number of benzene rings is 1. The zero-order valence-corrected chi connectivity index (χ0v) is 20.3. The Morgan fingerprint density at radius 2 is 1.68 bits per heavy atom. The van der Waals surface area contributed by atoms with Gasteiger partial charge in [-0.15, -0.1) is 5.10 Å². The molecule has 5 rings (SSSR count). The summed E-state index contributed by atoms with van der Waals surface area (Å²) >= 11 is 6.00. The first kappa shape index (κ1) is 22.4. The maximum absolute atomic E-state index is 6.00. The molecular weight excluding hydrogens is 444 g/mol. The first-order valence-electron chi connectivity index (χ1n) is 11.6. The molecule has 34 heavy (non-hydrogen) atoms. The molecule has 4 aromatic rings. The lowest BCUT2D eigenvalue weighted by molar-refractivity contribution is 0.193. The number of nitrogens with zero attached hydrogens (tertiary/aromatic N) is 8. The fourth-order valence-electron chi connectivity index (χ4n) is 4.31. The van der Waals surface area contributed by atoms with Crippen LogP contribution in [0, 0.1) is 4.77 Å². The van der Waals surface area contributed by atoms with Gasteiger partial charge in [-0.2, -0.15) is 0 Å². The lowest BCUT2D eigenvalue weighted by atomic mass is 10.0. The molecule has 174 valence electrons. The second-order valence-corrected chi connectivity index (χ2v) is 9.06. The Balaban J connectivity index is 1.46. The fourth-order valence-corrected chi connectivity index (χ4v) is 4.59. The monoisotopic (exact) mass is 472 g/mol. The van der Waals surface area contributed by atoms with Gasteiger partial charge in [-0.1, -0.05) is 32.0 Å². The van der Waals surface area contributed by atoms with Crippen LogP contribution in [-0.4, -0.2) is 60.4 Å². The number of hydrogen-bond acceptors (Lipinski definition) is 7. The number of para-hydroxylation sites is 1. The van der Waals surface area contributed by atoms with Crippen LogP contribution in [0.3, 0.4) is 0 Å². The average molecular weight is 473 g/mol. The van der Waals surface area contributed by atoms with E-state index in [2.05, 4.69) is 67.4 Å². The van der Waals surface area contributed by atoms with Crippen LogP contribution in [0.2, 0.25) is 0 Å². The van der Waals surface area contributed by atoms with E-state index < -0.39 is 0 Å². The van der Waals surface area contributed by atoms with Crippen LogP contribution in [0.5, 0.6) is 0 Å². The summed E-state index contributed by atoms with van der Waals surface area (Å²) < 4.78 is 4.71. The van der Waals surface area contributed by atoms with Gasteiger partial charge < -0.3 is 4.90 Å².